The van der Waals surface area contributed by atoms with E-state index in [2.05, 4.69) is 14.8 Å². The highest BCUT2D eigenvalue weighted by Crippen LogP contribution is 2.20. The highest BCUT2D eigenvalue weighted by Gasteiger charge is 2.31. The molecule has 1 amide bonds. The van der Waals surface area contributed by atoms with Gasteiger partial charge in [-0.1, -0.05) is 6.92 Å². The minimum Gasteiger partial charge on any atom is -0.469 e. The van der Waals surface area contributed by atoms with E-state index in [1.165, 1.54) is 21.1 Å². The fraction of sp³-hybridized carbons (Fsp3) is 0.750. The van der Waals surface area contributed by atoms with Crippen LogP contribution in [-0.4, -0.2) is 38.6 Å². The Bertz CT molecular complexity index is 303. The van der Waals surface area contributed by atoms with Crippen molar-refractivity contribution in [1.29, 1.82) is 0 Å². The monoisotopic (exact) mass is 259 g/mol. The minimum atomic E-state index is -0.556. The highest BCUT2D eigenvalue weighted by atomic mass is 16.5. The van der Waals surface area contributed by atoms with Crippen molar-refractivity contribution in [2.75, 3.05) is 20.8 Å². The zero-order valence-corrected chi connectivity index (χ0v) is 11.3. The topological polar surface area (TPSA) is 81.7 Å². The van der Waals surface area contributed by atoms with Gasteiger partial charge in [-0.05, 0) is 12.8 Å². The van der Waals surface area contributed by atoms with Gasteiger partial charge in [-0.2, -0.15) is 0 Å². The third kappa shape index (κ3) is 5.65. The molecule has 0 aliphatic heterocycles. The van der Waals surface area contributed by atoms with Crippen LogP contribution in [0.4, 0.5) is 0 Å². The summed E-state index contributed by atoms with van der Waals surface area (Å²) in [5.74, 6) is -2.10. The number of ether oxygens (including phenoxy) is 2. The number of hydrogen-bond acceptors (Lipinski definition) is 5. The first-order valence-electron chi connectivity index (χ1n) is 5.84. The number of carbonyl (C=O) groups is 3. The quantitative estimate of drug-likeness (QED) is 0.532. The summed E-state index contributed by atoms with van der Waals surface area (Å²) in [6, 6.07) is 0. The molecule has 0 aromatic rings. The molecule has 0 aromatic heterocycles. The van der Waals surface area contributed by atoms with Crippen molar-refractivity contribution in [2.24, 2.45) is 11.8 Å². The molecule has 0 aliphatic rings. The molecule has 1 N–H and O–H groups in total. The van der Waals surface area contributed by atoms with Crippen molar-refractivity contribution in [3.05, 3.63) is 0 Å². The third-order valence-electron chi connectivity index (χ3n) is 2.75. The Morgan fingerprint density at radius 1 is 1.11 bits per heavy atom. The maximum atomic E-state index is 11.6. The summed E-state index contributed by atoms with van der Waals surface area (Å²) in [5.41, 5.74) is 0. The van der Waals surface area contributed by atoms with Gasteiger partial charge in [-0.25, -0.2) is 0 Å². The molecule has 0 rings (SSSR count). The molecule has 104 valence electrons. The number of rotatable bonds is 7. The maximum absolute atomic E-state index is 11.6. The zero-order chi connectivity index (χ0) is 14.1. The number of methoxy groups -OCH3 is 2. The van der Waals surface area contributed by atoms with Crippen LogP contribution in [0.1, 0.15) is 26.7 Å². The standard InChI is InChI=1S/C12H21NO5/c1-8(11(15)17-3)10(12(16)18-4)6-5-7-13-9(2)14/h8,10H,5-7H2,1-4H3,(H,13,14)/t8-,10+/m1/s1. The Morgan fingerprint density at radius 3 is 2.11 bits per heavy atom. The van der Waals surface area contributed by atoms with Gasteiger partial charge < -0.3 is 14.8 Å². The van der Waals surface area contributed by atoms with Gasteiger partial charge >= 0.3 is 11.9 Å². The molecule has 0 bridgehead atoms. The van der Waals surface area contributed by atoms with Crippen molar-refractivity contribution in [3.8, 4) is 0 Å². The van der Waals surface area contributed by atoms with Gasteiger partial charge in [0.25, 0.3) is 0 Å². The number of amides is 1. The molecule has 18 heavy (non-hydrogen) atoms. The van der Waals surface area contributed by atoms with Crippen molar-refractivity contribution >= 4 is 17.8 Å². The number of hydrogen-bond donors (Lipinski definition) is 1. The van der Waals surface area contributed by atoms with Crippen LogP contribution in [0.15, 0.2) is 0 Å². The Morgan fingerprint density at radius 2 is 1.67 bits per heavy atom. The molecule has 2 atom stereocenters. The summed E-state index contributed by atoms with van der Waals surface area (Å²) >= 11 is 0. The Balaban J connectivity index is 4.36. The molecule has 0 spiro atoms. The molecule has 0 saturated heterocycles. The molecule has 0 aromatic carbocycles. The van der Waals surface area contributed by atoms with E-state index in [4.69, 9.17) is 0 Å². The molecule has 0 saturated carbocycles. The molecule has 0 radical (unpaired) electrons. The SMILES string of the molecule is COC(=O)[C@@H](CCCNC(C)=O)[C@@H](C)C(=O)OC. The van der Waals surface area contributed by atoms with Crippen LogP contribution in [0.3, 0.4) is 0 Å². The van der Waals surface area contributed by atoms with Gasteiger partial charge in [-0.15, -0.1) is 0 Å². The number of esters is 2. The van der Waals surface area contributed by atoms with Crippen LogP contribution in [-0.2, 0) is 23.9 Å². The highest BCUT2D eigenvalue weighted by molar-refractivity contribution is 5.81. The normalized spacial score (nSPS) is 13.3. The number of carbonyl (C=O) groups excluding carboxylic acids is 3. The summed E-state index contributed by atoms with van der Waals surface area (Å²) in [6.07, 6.45) is 1.06. The molecular weight excluding hydrogens is 238 g/mol. The van der Waals surface area contributed by atoms with Gasteiger partial charge in [0.15, 0.2) is 0 Å². The minimum absolute atomic E-state index is 0.120. The van der Waals surface area contributed by atoms with Crippen molar-refractivity contribution in [3.63, 3.8) is 0 Å². The average molecular weight is 259 g/mol. The van der Waals surface area contributed by atoms with Crippen molar-refractivity contribution in [2.45, 2.75) is 26.7 Å². The molecule has 0 aliphatic carbocycles. The fourth-order valence-electron chi connectivity index (χ4n) is 1.66. The number of nitrogens with one attached hydrogen (secondary N) is 1. The molecule has 6 heteroatoms. The lowest BCUT2D eigenvalue weighted by atomic mass is 9.89. The molecule has 0 heterocycles. The van der Waals surface area contributed by atoms with Gasteiger partial charge in [-0.3, -0.25) is 14.4 Å². The summed E-state index contributed by atoms with van der Waals surface area (Å²) in [5, 5.41) is 2.63. The maximum Gasteiger partial charge on any atom is 0.309 e. The van der Waals surface area contributed by atoms with Crippen LogP contribution >= 0.6 is 0 Å². The second-order valence-corrected chi connectivity index (χ2v) is 4.07. The van der Waals surface area contributed by atoms with E-state index >= 15 is 0 Å². The zero-order valence-electron chi connectivity index (χ0n) is 11.3. The molecule has 0 unspecified atom stereocenters. The van der Waals surface area contributed by atoms with Crippen LogP contribution in [0.2, 0.25) is 0 Å². The Labute approximate surface area is 107 Å². The van der Waals surface area contributed by atoms with E-state index in [9.17, 15) is 14.4 Å². The molecule has 6 nitrogen and oxygen atoms in total. The summed E-state index contributed by atoms with van der Waals surface area (Å²) in [6.45, 7) is 3.53. The van der Waals surface area contributed by atoms with Crippen LogP contribution in [0, 0.1) is 11.8 Å². The first kappa shape index (κ1) is 16.4. The van der Waals surface area contributed by atoms with E-state index in [1.807, 2.05) is 0 Å². The fourth-order valence-corrected chi connectivity index (χ4v) is 1.66. The summed E-state index contributed by atoms with van der Waals surface area (Å²) in [7, 11) is 2.57. The van der Waals surface area contributed by atoms with Gasteiger partial charge in [0, 0.05) is 13.5 Å². The molecular formula is C12H21NO5. The van der Waals surface area contributed by atoms with E-state index in [0.29, 0.717) is 19.4 Å². The van der Waals surface area contributed by atoms with E-state index in [0.717, 1.165) is 0 Å². The van der Waals surface area contributed by atoms with Crippen molar-refractivity contribution < 1.29 is 23.9 Å². The first-order valence-corrected chi connectivity index (χ1v) is 5.84. The predicted octanol–water partition coefficient (Wildman–Crippen LogP) is 0.501. The van der Waals surface area contributed by atoms with E-state index in [1.54, 1.807) is 6.92 Å². The Hall–Kier alpha value is -1.59. The summed E-state index contributed by atoms with van der Waals surface area (Å²) in [4.78, 5) is 33.7. The average Bonchev–Trinajstić information content (AvgIpc) is 2.35. The van der Waals surface area contributed by atoms with Gasteiger partial charge in [0.1, 0.15) is 0 Å². The van der Waals surface area contributed by atoms with Crippen LogP contribution in [0.25, 0.3) is 0 Å². The van der Waals surface area contributed by atoms with Crippen molar-refractivity contribution in [1.82, 2.24) is 5.32 Å². The lowest BCUT2D eigenvalue weighted by Gasteiger charge is -2.19. The first-order chi connectivity index (χ1) is 8.43. The Kier molecular flexibility index (Phi) is 7.74. The third-order valence-corrected chi connectivity index (χ3v) is 2.75. The summed E-state index contributed by atoms with van der Waals surface area (Å²) < 4.78 is 9.29. The lowest BCUT2D eigenvalue weighted by molar-refractivity contribution is -0.157. The largest absolute Gasteiger partial charge is 0.469 e. The second kappa shape index (κ2) is 8.49. The van der Waals surface area contributed by atoms with Gasteiger partial charge in [0.2, 0.25) is 5.91 Å². The molecule has 0 fully saturated rings. The van der Waals surface area contributed by atoms with Crippen LogP contribution < -0.4 is 5.32 Å². The predicted molar refractivity (Wildman–Crippen MR) is 64.6 cm³/mol. The lowest BCUT2D eigenvalue weighted by Crippen LogP contribution is -2.31. The van der Waals surface area contributed by atoms with Gasteiger partial charge in [0.05, 0.1) is 26.1 Å². The smallest absolute Gasteiger partial charge is 0.309 e. The van der Waals surface area contributed by atoms with E-state index in [-0.39, 0.29) is 5.91 Å². The van der Waals surface area contributed by atoms with Crippen LogP contribution in [0.5, 0.6) is 0 Å². The van der Waals surface area contributed by atoms with E-state index < -0.39 is 23.8 Å². The second-order valence-electron chi connectivity index (χ2n) is 4.07.